The lowest BCUT2D eigenvalue weighted by Gasteiger charge is -2.47. The lowest BCUT2D eigenvalue weighted by molar-refractivity contribution is -0.135. The molecule has 3 aliphatic heterocycles. The van der Waals surface area contributed by atoms with E-state index < -0.39 is 0 Å². The number of carbonyl (C=O) groups is 1. The van der Waals surface area contributed by atoms with Crippen LogP contribution >= 0.6 is 0 Å². The number of nitriles is 1. The van der Waals surface area contributed by atoms with E-state index in [0.29, 0.717) is 62.4 Å². The number of H-pyrrole nitrogens is 1. The minimum absolute atomic E-state index is 0.00252. The lowest BCUT2D eigenvalue weighted by atomic mass is 9.79. The topological polar surface area (TPSA) is 114 Å². The van der Waals surface area contributed by atoms with Crippen LogP contribution in [0.15, 0.2) is 18.3 Å². The number of carbonyl (C=O) groups excluding carboxylic acids is 1. The van der Waals surface area contributed by atoms with Gasteiger partial charge in [0.05, 0.1) is 30.6 Å². The van der Waals surface area contributed by atoms with Crippen molar-refractivity contribution >= 4 is 28.6 Å². The summed E-state index contributed by atoms with van der Waals surface area (Å²) in [5.41, 5.74) is 3.91. The van der Waals surface area contributed by atoms with Gasteiger partial charge >= 0.3 is 0 Å². The zero-order chi connectivity index (χ0) is 25.6. The molecule has 1 aromatic carbocycles. The minimum Gasteiger partial charge on any atom is -0.378 e. The molecule has 0 radical (unpaired) electrons. The van der Waals surface area contributed by atoms with Crippen molar-refractivity contribution in [1.29, 1.82) is 5.26 Å². The highest BCUT2D eigenvalue weighted by atomic mass is 16.5. The maximum absolute atomic E-state index is 12.2. The van der Waals surface area contributed by atoms with Gasteiger partial charge in [-0.2, -0.15) is 15.3 Å². The standard InChI is InChI=1S/C27H28N8O2/c1-3-4-22(36)35-16-27(17-35)7-8-34(15-27)25-19(13-28)24(30-26(31-25)33-9-11-37-12-10-33)23-18(2)5-6-21-20(23)14-29-32-21/h5-6,14H,7-12,15-17H2,1-2H3,(H,29,32). The summed E-state index contributed by atoms with van der Waals surface area (Å²) in [6.45, 7) is 9.19. The van der Waals surface area contributed by atoms with Gasteiger partial charge in [0.15, 0.2) is 5.82 Å². The van der Waals surface area contributed by atoms with Gasteiger partial charge in [0.25, 0.3) is 5.91 Å². The van der Waals surface area contributed by atoms with E-state index in [9.17, 15) is 10.1 Å². The average Bonchev–Trinajstić information content (AvgIpc) is 3.55. The molecule has 1 amide bonds. The summed E-state index contributed by atoms with van der Waals surface area (Å²) in [4.78, 5) is 28.3. The van der Waals surface area contributed by atoms with Gasteiger partial charge in [-0.3, -0.25) is 9.89 Å². The molecule has 0 bridgehead atoms. The van der Waals surface area contributed by atoms with Gasteiger partial charge in [-0.05, 0) is 37.8 Å². The van der Waals surface area contributed by atoms with Crippen LogP contribution in [-0.4, -0.2) is 83.5 Å². The number of morpholine rings is 1. The maximum atomic E-state index is 12.2. The van der Waals surface area contributed by atoms with Gasteiger partial charge in [0, 0.05) is 55.6 Å². The minimum atomic E-state index is -0.119. The molecule has 3 aliphatic rings. The van der Waals surface area contributed by atoms with Crippen LogP contribution in [0, 0.1) is 35.5 Å². The predicted molar refractivity (Wildman–Crippen MR) is 139 cm³/mol. The smallest absolute Gasteiger partial charge is 0.298 e. The molecule has 0 saturated carbocycles. The third-order valence-electron chi connectivity index (χ3n) is 7.66. The summed E-state index contributed by atoms with van der Waals surface area (Å²) in [7, 11) is 0. The van der Waals surface area contributed by atoms with E-state index >= 15 is 0 Å². The maximum Gasteiger partial charge on any atom is 0.298 e. The van der Waals surface area contributed by atoms with Crippen LogP contribution in [0.3, 0.4) is 0 Å². The number of anilines is 2. The molecular formula is C27H28N8O2. The highest BCUT2D eigenvalue weighted by Crippen LogP contribution is 2.43. The Morgan fingerprint density at radius 2 is 1.95 bits per heavy atom. The zero-order valence-electron chi connectivity index (χ0n) is 21.0. The fourth-order valence-electron chi connectivity index (χ4n) is 5.76. The van der Waals surface area contributed by atoms with Gasteiger partial charge in [0.1, 0.15) is 11.6 Å². The van der Waals surface area contributed by atoms with Crippen LogP contribution in [0.4, 0.5) is 11.8 Å². The van der Waals surface area contributed by atoms with E-state index in [4.69, 9.17) is 14.7 Å². The molecule has 1 N–H and O–H groups in total. The number of hydrogen-bond donors (Lipinski definition) is 1. The number of amides is 1. The molecule has 6 rings (SSSR count). The monoisotopic (exact) mass is 496 g/mol. The first-order chi connectivity index (χ1) is 18.0. The third-order valence-corrected chi connectivity index (χ3v) is 7.66. The van der Waals surface area contributed by atoms with Crippen LogP contribution in [-0.2, 0) is 9.53 Å². The molecule has 0 atom stereocenters. The molecule has 10 heteroatoms. The Morgan fingerprint density at radius 1 is 1.14 bits per heavy atom. The fourth-order valence-corrected chi connectivity index (χ4v) is 5.76. The Bertz CT molecular complexity index is 1480. The van der Waals surface area contributed by atoms with Crippen LogP contribution in [0.25, 0.3) is 22.2 Å². The highest BCUT2D eigenvalue weighted by molar-refractivity contribution is 5.97. The van der Waals surface area contributed by atoms with E-state index in [0.717, 1.165) is 41.5 Å². The number of likely N-dealkylation sites (tertiary alicyclic amines) is 1. The number of nitrogens with one attached hydrogen (secondary N) is 1. The molecule has 188 valence electrons. The van der Waals surface area contributed by atoms with Crippen molar-refractivity contribution in [2.75, 3.05) is 62.3 Å². The first kappa shape index (κ1) is 23.3. The van der Waals surface area contributed by atoms with Crippen LogP contribution < -0.4 is 9.80 Å². The Labute approximate surface area is 215 Å². The number of aromatic amines is 1. The van der Waals surface area contributed by atoms with Gasteiger partial charge in [-0.15, -0.1) is 0 Å². The third kappa shape index (κ3) is 3.94. The average molecular weight is 497 g/mol. The quantitative estimate of drug-likeness (QED) is 0.549. The molecule has 10 nitrogen and oxygen atoms in total. The van der Waals surface area contributed by atoms with E-state index in [1.165, 1.54) is 0 Å². The molecule has 0 unspecified atom stereocenters. The number of aryl methyl sites for hydroxylation is 1. The normalized spacial score (nSPS) is 18.5. The highest BCUT2D eigenvalue weighted by Gasteiger charge is 2.50. The number of aromatic nitrogens is 4. The Balaban J connectivity index is 1.43. The van der Waals surface area contributed by atoms with Gasteiger partial charge < -0.3 is 19.4 Å². The van der Waals surface area contributed by atoms with E-state index in [2.05, 4.69) is 37.9 Å². The molecule has 5 heterocycles. The summed E-state index contributed by atoms with van der Waals surface area (Å²) in [6.07, 6.45) is 2.72. The van der Waals surface area contributed by atoms with Crippen molar-refractivity contribution in [3.05, 3.63) is 29.5 Å². The second-order valence-corrected chi connectivity index (χ2v) is 10.1. The van der Waals surface area contributed by atoms with Gasteiger partial charge in [-0.25, -0.2) is 4.98 Å². The number of nitrogens with zero attached hydrogens (tertiary/aromatic N) is 7. The summed E-state index contributed by atoms with van der Waals surface area (Å²) in [6, 6.07) is 6.46. The largest absolute Gasteiger partial charge is 0.378 e. The van der Waals surface area contributed by atoms with Crippen LogP contribution in [0.2, 0.25) is 0 Å². The molecule has 3 fully saturated rings. The second-order valence-electron chi connectivity index (χ2n) is 10.1. The molecule has 3 saturated heterocycles. The number of ether oxygens (including phenoxy) is 1. The molecular weight excluding hydrogens is 468 g/mol. The van der Waals surface area contributed by atoms with E-state index in [-0.39, 0.29) is 11.3 Å². The molecule has 2 aromatic heterocycles. The van der Waals surface area contributed by atoms with E-state index in [1.807, 2.05) is 19.1 Å². The first-order valence-corrected chi connectivity index (χ1v) is 12.6. The van der Waals surface area contributed by atoms with Crippen molar-refractivity contribution in [2.24, 2.45) is 5.41 Å². The number of rotatable bonds is 3. The van der Waals surface area contributed by atoms with Gasteiger partial charge in [-0.1, -0.05) is 12.0 Å². The van der Waals surface area contributed by atoms with Crippen LogP contribution in [0.1, 0.15) is 24.5 Å². The molecule has 3 aromatic rings. The van der Waals surface area contributed by atoms with E-state index in [1.54, 1.807) is 18.0 Å². The fraction of sp³-hybridized carbons (Fsp3) is 0.444. The van der Waals surface area contributed by atoms with Crippen molar-refractivity contribution in [2.45, 2.75) is 20.3 Å². The number of fused-ring (bicyclic) bond motifs is 1. The summed E-state index contributed by atoms with van der Waals surface area (Å²) < 4.78 is 5.56. The summed E-state index contributed by atoms with van der Waals surface area (Å²) in [5.74, 6) is 6.48. The summed E-state index contributed by atoms with van der Waals surface area (Å²) >= 11 is 0. The van der Waals surface area contributed by atoms with Crippen molar-refractivity contribution in [3.8, 4) is 29.2 Å². The molecule has 0 aliphatic carbocycles. The van der Waals surface area contributed by atoms with Crippen molar-refractivity contribution in [1.82, 2.24) is 25.1 Å². The van der Waals surface area contributed by atoms with Crippen molar-refractivity contribution < 1.29 is 9.53 Å². The number of hydrogen-bond acceptors (Lipinski definition) is 8. The Morgan fingerprint density at radius 3 is 2.70 bits per heavy atom. The first-order valence-electron chi connectivity index (χ1n) is 12.6. The lowest BCUT2D eigenvalue weighted by Crippen LogP contribution is -2.59. The van der Waals surface area contributed by atoms with Gasteiger partial charge in [0.2, 0.25) is 5.95 Å². The molecule has 1 spiro atoms. The summed E-state index contributed by atoms with van der Waals surface area (Å²) in [5, 5.41) is 18.6. The Hall–Kier alpha value is -4.15. The molecule has 37 heavy (non-hydrogen) atoms. The SMILES string of the molecule is CC#CC(=O)N1CC2(CCN(c3nc(N4CCOCC4)nc(-c4c(C)ccc5[nH]ncc45)c3C#N)C2)C1. The van der Waals surface area contributed by atoms with Crippen molar-refractivity contribution in [3.63, 3.8) is 0 Å². The Kier molecular flexibility index (Phi) is 5.69. The number of benzene rings is 1. The second kappa shape index (κ2) is 9.06. The zero-order valence-corrected chi connectivity index (χ0v) is 21.0. The van der Waals surface area contributed by atoms with Crippen LogP contribution in [0.5, 0.6) is 0 Å². The predicted octanol–water partition coefficient (Wildman–Crippen LogP) is 2.10.